The highest BCUT2D eigenvalue weighted by Gasteiger charge is 2.12. The zero-order chi connectivity index (χ0) is 18.1. The summed E-state index contributed by atoms with van der Waals surface area (Å²) in [7, 11) is 1.73. The van der Waals surface area contributed by atoms with Gasteiger partial charge in [0.05, 0.1) is 25.8 Å². The monoisotopic (exact) mass is 474 g/mol. The Morgan fingerprint density at radius 1 is 1.19 bits per heavy atom. The van der Waals surface area contributed by atoms with Gasteiger partial charge in [-0.25, -0.2) is 0 Å². The lowest BCUT2D eigenvalue weighted by Crippen LogP contribution is -2.38. The van der Waals surface area contributed by atoms with Crippen molar-refractivity contribution in [1.82, 2.24) is 15.8 Å². The molecule has 0 amide bonds. The first-order valence-electron chi connectivity index (χ1n) is 8.43. The van der Waals surface area contributed by atoms with E-state index in [9.17, 15) is 0 Å². The number of benzene rings is 1. The highest BCUT2D eigenvalue weighted by molar-refractivity contribution is 14.0. The van der Waals surface area contributed by atoms with Crippen LogP contribution in [0.4, 0.5) is 0 Å². The minimum atomic E-state index is 0. The second-order valence-corrected chi connectivity index (χ2v) is 5.35. The minimum Gasteiger partial charge on any atom is -0.490 e. The van der Waals surface area contributed by atoms with Crippen molar-refractivity contribution in [2.75, 3.05) is 20.3 Å². The van der Waals surface area contributed by atoms with Gasteiger partial charge in [0.2, 0.25) is 0 Å². The van der Waals surface area contributed by atoms with Crippen molar-refractivity contribution in [2.24, 2.45) is 4.99 Å². The molecule has 1 aromatic heterocycles. The molecule has 0 fully saturated rings. The second-order valence-electron chi connectivity index (χ2n) is 5.35. The number of aliphatic imine (C=N–C) groups is 1. The topological polar surface area (TPSA) is 80.9 Å². The number of aromatic nitrogens is 1. The van der Waals surface area contributed by atoms with E-state index in [1.165, 1.54) is 0 Å². The summed E-state index contributed by atoms with van der Waals surface area (Å²) in [6.45, 7) is 7.71. The Morgan fingerprint density at radius 2 is 1.92 bits per heavy atom. The Bertz CT molecular complexity index is 677. The van der Waals surface area contributed by atoms with Crippen LogP contribution in [0.2, 0.25) is 0 Å². The Kier molecular flexibility index (Phi) is 9.85. The van der Waals surface area contributed by atoms with Gasteiger partial charge in [-0.15, -0.1) is 24.0 Å². The third-order valence-electron chi connectivity index (χ3n) is 3.57. The van der Waals surface area contributed by atoms with Crippen LogP contribution in [-0.2, 0) is 6.54 Å². The van der Waals surface area contributed by atoms with Crippen LogP contribution in [0.15, 0.2) is 40.0 Å². The molecule has 2 rings (SSSR count). The molecule has 0 aliphatic carbocycles. The van der Waals surface area contributed by atoms with Crippen LogP contribution in [0.1, 0.15) is 38.1 Å². The SMILES string of the molecule is CCOc1ccc(C(C)NC(=NC)NCc2ccon2)cc1OCC.I. The Hall–Kier alpha value is -1.97. The van der Waals surface area contributed by atoms with E-state index in [2.05, 4.69) is 27.7 Å². The van der Waals surface area contributed by atoms with Crippen molar-refractivity contribution in [3.63, 3.8) is 0 Å². The average molecular weight is 474 g/mol. The number of rotatable bonds is 8. The van der Waals surface area contributed by atoms with E-state index in [4.69, 9.17) is 14.0 Å². The summed E-state index contributed by atoms with van der Waals surface area (Å²) in [5, 5.41) is 10.4. The maximum absolute atomic E-state index is 5.69. The van der Waals surface area contributed by atoms with E-state index in [0.717, 1.165) is 22.8 Å². The molecule has 0 aliphatic heterocycles. The highest BCUT2D eigenvalue weighted by atomic mass is 127. The van der Waals surface area contributed by atoms with Crippen molar-refractivity contribution in [2.45, 2.75) is 33.4 Å². The molecule has 2 aromatic rings. The molecule has 144 valence electrons. The van der Waals surface area contributed by atoms with Crippen LogP contribution in [0, 0.1) is 0 Å². The van der Waals surface area contributed by atoms with Crippen molar-refractivity contribution in [3.8, 4) is 11.5 Å². The van der Waals surface area contributed by atoms with Gasteiger partial charge in [0.25, 0.3) is 0 Å². The Morgan fingerprint density at radius 3 is 2.54 bits per heavy atom. The molecule has 7 nitrogen and oxygen atoms in total. The van der Waals surface area contributed by atoms with Crippen molar-refractivity contribution < 1.29 is 14.0 Å². The first-order chi connectivity index (χ1) is 12.2. The number of halogens is 1. The van der Waals surface area contributed by atoms with Gasteiger partial charge in [0.15, 0.2) is 17.5 Å². The molecule has 0 radical (unpaired) electrons. The molecular formula is C18H27IN4O3. The van der Waals surface area contributed by atoms with Gasteiger partial charge in [-0.3, -0.25) is 4.99 Å². The second kappa shape index (κ2) is 11.6. The van der Waals surface area contributed by atoms with Crippen LogP contribution < -0.4 is 20.1 Å². The molecule has 0 saturated heterocycles. The summed E-state index contributed by atoms with van der Waals surface area (Å²) < 4.78 is 16.1. The maximum Gasteiger partial charge on any atom is 0.191 e. The van der Waals surface area contributed by atoms with Crippen LogP contribution in [0.3, 0.4) is 0 Å². The lowest BCUT2D eigenvalue weighted by molar-refractivity contribution is 0.287. The van der Waals surface area contributed by atoms with E-state index in [1.807, 2.05) is 38.1 Å². The molecule has 26 heavy (non-hydrogen) atoms. The van der Waals surface area contributed by atoms with Crippen LogP contribution in [-0.4, -0.2) is 31.4 Å². The molecule has 1 heterocycles. The number of guanidine groups is 1. The number of nitrogens with zero attached hydrogens (tertiary/aromatic N) is 2. The molecule has 1 aromatic carbocycles. The van der Waals surface area contributed by atoms with E-state index < -0.39 is 0 Å². The van der Waals surface area contributed by atoms with Gasteiger partial charge in [0, 0.05) is 13.1 Å². The van der Waals surface area contributed by atoms with Crippen molar-refractivity contribution >= 4 is 29.9 Å². The molecule has 2 N–H and O–H groups in total. The zero-order valence-electron chi connectivity index (χ0n) is 15.6. The normalized spacial score (nSPS) is 12.1. The lowest BCUT2D eigenvalue weighted by Gasteiger charge is -2.19. The average Bonchev–Trinajstić information content (AvgIpc) is 3.13. The molecule has 1 atom stereocenters. The van der Waals surface area contributed by atoms with Crippen LogP contribution in [0.5, 0.6) is 11.5 Å². The molecule has 0 bridgehead atoms. The Labute approximate surface area is 171 Å². The minimum absolute atomic E-state index is 0. The fourth-order valence-corrected chi connectivity index (χ4v) is 2.32. The highest BCUT2D eigenvalue weighted by Crippen LogP contribution is 2.30. The van der Waals surface area contributed by atoms with E-state index in [1.54, 1.807) is 13.3 Å². The fourth-order valence-electron chi connectivity index (χ4n) is 2.32. The molecule has 0 aliphatic rings. The lowest BCUT2D eigenvalue weighted by atomic mass is 10.1. The third-order valence-corrected chi connectivity index (χ3v) is 3.57. The standard InChI is InChI=1S/C18H26N4O3.HI/c1-5-23-16-8-7-14(11-17(16)24-6-2)13(3)21-18(19-4)20-12-15-9-10-25-22-15;/h7-11,13H,5-6,12H2,1-4H3,(H2,19,20,21);1H. The summed E-state index contributed by atoms with van der Waals surface area (Å²) >= 11 is 0. The van der Waals surface area contributed by atoms with Crippen molar-refractivity contribution in [3.05, 3.63) is 41.8 Å². The molecule has 0 saturated carbocycles. The van der Waals surface area contributed by atoms with Crippen molar-refractivity contribution in [1.29, 1.82) is 0 Å². The molecule has 1 unspecified atom stereocenters. The predicted molar refractivity (Wildman–Crippen MR) is 112 cm³/mol. The van der Waals surface area contributed by atoms with Gasteiger partial charge in [-0.2, -0.15) is 0 Å². The van der Waals surface area contributed by atoms with E-state index in [0.29, 0.717) is 25.7 Å². The van der Waals surface area contributed by atoms with Gasteiger partial charge in [-0.05, 0) is 38.5 Å². The quantitative estimate of drug-likeness (QED) is 0.346. The summed E-state index contributed by atoms with van der Waals surface area (Å²) in [4.78, 5) is 4.24. The van der Waals surface area contributed by atoms with Gasteiger partial charge < -0.3 is 24.6 Å². The third kappa shape index (κ3) is 6.40. The first-order valence-corrected chi connectivity index (χ1v) is 8.43. The number of hydrogen-bond acceptors (Lipinski definition) is 5. The summed E-state index contributed by atoms with van der Waals surface area (Å²) in [5.74, 6) is 2.19. The number of nitrogens with one attached hydrogen (secondary N) is 2. The van der Waals surface area contributed by atoms with E-state index in [-0.39, 0.29) is 30.0 Å². The summed E-state index contributed by atoms with van der Waals surface area (Å²) in [6, 6.07) is 7.81. The molecule has 8 heteroatoms. The zero-order valence-corrected chi connectivity index (χ0v) is 17.9. The van der Waals surface area contributed by atoms with Gasteiger partial charge >= 0.3 is 0 Å². The Balaban J connectivity index is 0.00000338. The largest absolute Gasteiger partial charge is 0.490 e. The molecule has 0 spiro atoms. The van der Waals surface area contributed by atoms with E-state index >= 15 is 0 Å². The summed E-state index contributed by atoms with van der Waals surface area (Å²) in [6.07, 6.45) is 1.55. The van der Waals surface area contributed by atoms with Crippen LogP contribution >= 0.6 is 24.0 Å². The first kappa shape index (κ1) is 22.1. The fraction of sp³-hybridized carbons (Fsp3) is 0.444. The smallest absolute Gasteiger partial charge is 0.191 e. The molecular weight excluding hydrogens is 447 g/mol. The maximum atomic E-state index is 5.69. The van der Waals surface area contributed by atoms with Crippen LogP contribution in [0.25, 0.3) is 0 Å². The van der Waals surface area contributed by atoms with Gasteiger partial charge in [-0.1, -0.05) is 11.2 Å². The number of hydrogen-bond donors (Lipinski definition) is 2. The van der Waals surface area contributed by atoms with Gasteiger partial charge in [0.1, 0.15) is 12.0 Å². The number of ether oxygens (including phenoxy) is 2. The predicted octanol–water partition coefficient (Wildman–Crippen LogP) is 3.52. The summed E-state index contributed by atoms with van der Waals surface area (Å²) in [5.41, 5.74) is 1.89.